The second-order valence-corrected chi connectivity index (χ2v) is 5.95. The molecule has 4 heteroatoms. The van der Waals surface area contributed by atoms with E-state index in [0.717, 1.165) is 23.8 Å². The summed E-state index contributed by atoms with van der Waals surface area (Å²) in [6, 6.07) is 0.366. The maximum Gasteiger partial charge on any atom is 0.233 e. The quantitative estimate of drug-likeness (QED) is 0.731. The molecular weight excluding hydrogens is 214 g/mol. The van der Waals surface area contributed by atoms with Crippen LogP contribution in [0.1, 0.15) is 33.1 Å². The van der Waals surface area contributed by atoms with E-state index in [9.17, 15) is 4.79 Å². The summed E-state index contributed by atoms with van der Waals surface area (Å²) in [6.07, 6.45) is 3.12. The highest BCUT2D eigenvalue weighted by Gasteiger charge is 2.21. The van der Waals surface area contributed by atoms with Crippen molar-refractivity contribution in [1.82, 2.24) is 5.32 Å². The molecule has 0 saturated carbocycles. The van der Waals surface area contributed by atoms with Gasteiger partial charge in [-0.3, -0.25) is 4.79 Å². The predicted molar refractivity (Wildman–Crippen MR) is 66.1 cm³/mol. The first-order chi connectivity index (χ1) is 6.63. The molecule has 1 saturated heterocycles. The normalized spacial score (nSPS) is 29.6. The zero-order valence-electron chi connectivity index (χ0n) is 8.82. The van der Waals surface area contributed by atoms with Gasteiger partial charge in [0.15, 0.2) is 0 Å². The van der Waals surface area contributed by atoms with Crippen molar-refractivity contribution >= 4 is 30.3 Å². The van der Waals surface area contributed by atoms with Crippen LogP contribution >= 0.6 is 24.4 Å². The third-order valence-corrected chi connectivity index (χ3v) is 4.54. The molecule has 1 aliphatic heterocycles. The number of carbonyl (C=O) groups is 1. The number of nitrogens with one attached hydrogen (secondary N) is 1. The number of hydrogen-bond donors (Lipinski definition) is 2. The van der Waals surface area contributed by atoms with Gasteiger partial charge >= 0.3 is 0 Å². The van der Waals surface area contributed by atoms with Crippen LogP contribution in [0.4, 0.5) is 0 Å². The summed E-state index contributed by atoms with van der Waals surface area (Å²) in [5, 5.41) is 3.67. The van der Waals surface area contributed by atoms with E-state index in [1.165, 1.54) is 6.42 Å². The van der Waals surface area contributed by atoms with E-state index >= 15 is 0 Å². The molecule has 0 aromatic carbocycles. The molecule has 82 valence electrons. The Balaban J connectivity index is 2.27. The van der Waals surface area contributed by atoms with Crippen LogP contribution in [0, 0.1) is 0 Å². The second kappa shape index (κ2) is 5.91. The smallest absolute Gasteiger partial charge is 0.233 e. The lowest BCUT2D eigenvalue weighted by atomic mass is 10.1. The highest BCUT2D eigenvalue weighted by molar-refractivity contribution is 7.99. The minimum Gasteiger partial charge on any atom is -0.352 e. The second-order valence-electron chi connectivity index (χ2n) is 3.85. The predicted octanol–water partition coefficient (Wildman–Crippen LogP) is 2.10. The molecule has 0 aliphatic carbocycles. The molecule has 0 aromatic heterocycles. The zero-order valence-corrected chi connectivity index (χ0v) is 10.5. The van der Waals surface area contributed by atoms with E-state index in [-0.39, 0.29) is 11.2 Å². The molecule has 0 spiro atoms. The van der Waals surface area contributed by atoms with Crippen molar-refractivity contribution < 1.29 is 4.79 Å². The van der Waals surface area contributed by atoms with Crippen LogP contribution in [-0.4, -0.2) is 28.2 Å². The van der Waals surface area contributed by atoms with Crippen molar-refractivity contribution in [2.75, 3.05) is 5.75 Å². The molecule has 1 aliphatic rings. The molecule has 14 heavy (non-hydrogen) atoms. The zero-order chi connectivity index (χ0) is 10.6. The fourth-order valence-corrected chi connectivity index (χ4v) is 2.67. The van der Waals surface area contributed by atoms with Crippen LogP contribution in [0.3, 0.4) is 0 Å². The Morgan fingerprint density at radius 3 is 2.86 bits per heavy atom. The largest absolute Gasteiger partial charge is 0.352 e. The summed E-state index contributed by atoms with van der Waals surface area (Å²) in [6.45, 7) is 4.23. The minimum atomic E-state index is -0.139. The average molecular weight is 233 g/mol. The first-order valence-electron chi connectivity index (χ1n) is 5.23. The van der Waals surface area contributed by atoms with E-state index in [1.54, 1.807) is 0 Å². The summed E-state index contributed by atoms with van der Waals surface area (Å²) in [5.41, 5.74) is 0. The topological polar surface area (TPSA) is 29.1 Å². The molecule has 1 heterocycles. The van der Waals surface area contributed by atoms with Gasteiger partial charge < -0.3 is 5.32 Å². The lowest BCUT2D eigenvalue weighted by molar-refractivity contribution is -0.121. The van der Waals surface area contributed by atoms with Gasteiger partial charge in [0.25, 0.3) is 0 Å². The fourth-order valence-electron chi connectivity index (χ4n) is 1.48. The van der Waals surface area contributed by atoms with E-state index in [2.05, 4.69) is 24.9 Å². The third kappa shape index (κ3) is 3.73. The van der Waals surface area contributed by atoms with Gasteiger partial charge in [0.2, 0.25) is 5.91 Å². The van der Waals surface area contributed by atoms with Gasteiger partial charge in [0.1, 0.15) is 0 Å². The summed E-state index contributed by atoms with van der Waals surface area (Å²) in [4.78, 5) is 11.5. The standard InChI is InChI=1S/C10H19NOS2/c1-3-9(13)10(12)11-8-5-4-7(2)14-6-8/h7-9,13H,3-6H2,1-2H3,(H,11,12). The van der Waals surface area contributed by atoms with Crippen molar-refractivity contribution in [1.29, 1.82) is 0 Å². The highest BCUT2D eigenvalue weighted by Crippen LogP contribution is 2.24. The van der Waals surface area contributed by atoms with Crippen molar-refractivity contribution in [3.63, 3.8) is 0 Å². The van der Waals surface area contributed by atoms with Gasteiger partial charge in [0, 0.05) is 17.0 Å². The number of rotatable bonds is 3. The van der Waals surface area contributed by atoms with Crippen LogP contribution in [0.25, 0.3) is 0 Å². The first kappa shape index (κ1) is 12.2. The van der Waals surface area contributed by atoms with Crippen molar-refractivity contribution in [3.8, 4) is 0 Å². The minimum absolute atomic E-state index is 0.0935. The number of carbonyl (C=O) groups excluding carboxylic acids is 1. The molecular formula is C10H19NOS2. The van der Waals surface area contributed by atoms with Gasteiger partial charge in [0.05, 0.1) is 5.25 Å². The molecule has 2 nitrogen and oxygen atoms in total. The van der Waals surface area contributed by atoms with Crippen LogP contribution in [0.5, 0.6) is 0 Å². The Morgan fingerprint density at radius 1 is 1.64 bits per heavy atom. The number of thioether (sulfide) groups is 1. The Morgan fingerprint density at radius 2 is 2.36 bits per heavy atom. The van der Waals surface area contributed by atoms with Gasteiger partial charge in [-0.25, -0.2) is 0 Å². The van der Waals surface area contributed by atoms with Gasteiger partial charge in [-0.1, -0.05) is 13.8 Å². The molecule has 0 bridgehead atoms. The van der Waals surface area contributed by atoms with Crippen molar-refractivity contribution in [3.05, 3.63) is 0 Å². The summed E-state index contributed by atoms with van der Waals surface area (Å²) in [7, 11) is 0. The van der Waals surface area contributed by atoms with Crippen LogP contribution in [0.15, 0.2) is 0 Å². The van der Waals surface area contributed by atoms with Crippen molar-refractivity contribution in [2.45, 2.75) is 49.7 Å². The molecule has 1 fully saturated rings. The fraction of sp³-hybridized carbons (Fsp3) is 0.900. The molecule has 0 aromatic rings. The van der Waals surface area contributed by atoms with E-state index in [0.29, 0.717) is 6.04 Å². The molecule has 3 atom stereocenters. The summed E-state index contributed by atoms with van der Waals surface area (Å²) in [5.74, 6) is 1.15. The van der Waals surface area contributed by atoms with E-state index < -0.39 is 0 Å². The summed E-state index contributed by atoms with van der Waals surface area (Å²) >= 11 is 6.17. The number of amides is 1. The van der Waals surface area contributed by atoms with Crippen LogP contribution < -0.4 is 5.32 Å². The molecule has 0 radical (unpaired) electrons. The summed E-state index contributed by atoms with van der Waals surface area (Å²) < 4.78 is 0. The lowest BCUT2D eigenvalue weighted by Crippen LogP contribution is -2.42. The van der Waals surface area contributed by atoms with E-state index in [4.69, 9.17) is 0 Å². The SMILES string of the molecule is CCC(S)C(=O)NC1CCC(C)SC1. The Labute approximate surface area is 96.0 Å². The van der Waals surface area contributed by atoms with Crippen LogP contribution in [-0.2, 0) is 4.79 Å². The Kier molecular flexibility index (Phi) is 5.17. The monoisotopic (exact) mass is 233 g/mol. The maximum atomic E-state index is 11.5. The average Bonchev–Trinajstić information content (AvgIpc) is 2.20. The molecule has 1 amide bonds. The maximum absolute atomic E-state index is 11.5. The van der Waals surface area contributed by atoms with Crippen molar-refractivity contribution in [2.24, 2.45) is 0 Å². The van der Waals surface area contributed by atoms with Crippen LogP contribution in [0.2, 0.25) is 0 Å². The van der Waals surface area contributed by atoms with E-state index in [1.807, 2.05) is 18.7 Å². The number of thiol groups is 1. The number of hydrogen-bond acceptors (Lipinski definition) is 3. The first-order valence-corrected chi connectivity index (χ1v) is 6.80. The molecule has 1 N–H and O–H groups in total. The van der Waals surface area contributed by atoms with Gasteiger partial charge in [-0.2, -0.15) is 24.4 Å². The van der Waals surface area contributed by atoms with Gasteiger partial charge in [-0.15, -0.1) is 0 Å². The highest BCUT2D eigenvalue weighted by atomic mass is 32.2. The lowest BCUT2D eigenvalue weighted by Gasteiger charge is -2.27. The third-order valence-electron chi connectivity index (χ3n) is 2.54. The molecule has 1 rings (SSSR count). The Bertz CT molecular complexity index is 191. The molecule has 3 unspecified atom stereocenters. The van der Waals surface area contributed by atoms with Gasteiger partial charge in [-0.05, 0) is 19.3 Å². The Hall–Kier alpha value is 0.170.